The third kappa shape index (κ3) is 4.62. The van der Waals surface area contributed by atoms with Crippen LogP contribution in [0.15, 0.2) is 44.4 Å². The molecule has 0 saturated carbocycles. The average Bonchev–Trinajstić information content (AvgIpc) is 2.49. The van der Waals surface area contributed by atoms with E-state index in [1.54, 1.807) is 0 Å². The van der Waals surface area contributed by atoms with Crippen LogP contribution in [0, 0.1) is 5.82 Å². The summed E-state index contributed by atoms with van der Waals surface area (Å²) < 4.78 is 22.7. The van der Waals surface area contributed by atoms with Gasteiger partial charge >= 0.3 is 11.9 Å². The van der Waals surface area contributed by atoms with Gasteiger partial charge in [-0.3, -0.25) is 4.79 Å². The highest BCUT2D eigenvalue weighted by atomic mass is 79.9. The largest absolute Gasteiger partial charge is 0.509 e. The summed E-state index contributed by atoms with van der Waals surface area (Å²) in [7, 11) is 2.17. The Morgan fingerprint density at radius 3 is 2.55 bits per heavy atom. The van der Waals surface area contributed by atoms with Crippen molar-refractivity contribution < 1.29 is 28.6 Å². The standard InChI is InChI=1S/C13H12BrFN2O5/c1-21-10(19)6-9(18)12(13(20)22-2)17-16-11-7(14)4-3-5-8(11)15/h3-5,18H,6H2,1-2H3. The van der Waals surface area contributed by atoms with Crippen LogP contribution in [0.3, 0.4) is 0 Å². The zero-order valence-electron chi connectivity index (χ0n) is 11.7. The number of hydrogen-bond acceptors (Lipinski definition) is 7. The van der Waals surface area contributed by atoms with Crippen molar-refractivity contribution in [1.82, 2.24) is 0 Å². The lowest BCUT2D eigenvalue weighted by Gasteiger charge is -2.04. The molecule has 0 aliphatic rings. The number of carbonyl (C=O) groups excluding carboxylic acids is 2. The zero-order chi connectivity index (χ0) is 16.7. The molecule has 118 valence electrons. The average molecular weight is 375 g/mol. The fourth-order valence-corrected chi connectivity index (χ4v) is 1.71. The van der Waals surface area contributed by atoms with Gasteiger partial charge in [0.1, 0.15) is 17.9 Å². The Kier molecular flexibility index (Phi) is 6.64. The van der Waals surface area contributed by atoms with Gasteiger partial charge in [0.25, 0.3) is 0 Å². The quantitative estimate of drug-likeness (QED) is 0.369. The van der Waals surface area contributed by atoms with Gasteiger partial charge in [0.2, 0.25) is 5.70 Å². The summed E-state index contributed by atoms with van der Waals surface area (Å²) >= 11 is 3.08. The van der Waals surface area contributed by atoms with Crippen molar-refractivity contribution in [1.29, 1.82) is 0 Å². The Bertz CT molecular complexity index is 625. The number of benzene rings is 1. The molecule has 0 unspecified atom stereocenters. The van der Waals surface area contributed by atoms with Crippen LogP contribution in [0.25, 0.3) is 0 Å². The minimum Gasteiger partial charge on any atom is -0.509 e. The first-order valence-electron chi connectivity index (χ1n) is 5.83. The summed E-state index contributed by atoms with van der Waals surface area (Å²) in [5.74, 6) is -3.21. The maximum atomic E-state index is 13.6. The lowest BCUT2D eigenvalue weighted by molar-refractivity contribution is -0.140. The molecular formula is C13H12BrFN2O5. The zero-order valence-corrected chi connectivity index (χ0v) is 13.3. The minimum atomic E-state index is -1.03. The van der Waals surface area contributed by atoms with Gasteiger partial charge in [-0.05, 0) is 28.1 Å². The van der Waals surface area contributed by atoms with Gasteiger partial charge in [-0.1, -0.05) is 6.07 Å². The molecule has 0 heterocycles. The van der Waals surface area contributed by atoms with Crippen molar-refractivity contribution in [3.63, 3.8) is 0 Å². The van der Waals surface area contributed by atoms with Crippen molar-refractivity contribution in [2.24, 2.45) is 10.2 Å². The number of aliphatic hydroxyl groups is 1. The molecule has 0 bridgehead atoms. The summed E-state index contributed by atoms with van der Waals surface area (Å²) in [4.78, 5) is 22.7. The molecule has 0 amide bonds. The number of azo groups is 1. The molecule has 0 fully saturated rings. The normalized spacial score (nSPS) is 12.0. The fraction of sp³-hybridized carbons (Fsp3) is 0.231. The van der Waals surface area contributed by atoms with Gasteiger partial charge in [-0.15, -0.1) is 10.2 Å². The van der Waals surface area contributed by atoms with E-state index in [4.69, 9.17) is 0 Å². The van der Waals surface area contributed by atoms with Crippen LogP contribution in [-0.4, -0.2) is 31.3 Å². The van der Waals surface area contributed by atoms with E-state index in [1.165, 1.54) is 12.1 Å². The van der Waals surface area contributed by atoms with E-state index >= 15 is 0 Å². The third-order valence-electron chi connectivity index (χ3n) is 2.38. The summed E-state index contributed by atoms with van der Waals surface area (Å²) in [6.07, 6.45) is -0.599. The molecule has 0 aliphatic carbocycles. The lowest BCUT2D eigenvalue weighted by atomic mass is 10.3. The van der Waals surface area contributed by atoms with E-state index in [0.717, 1.165) is 20.3 Å². The van der Waals surface area contributed by atoms with Crippen molar-refractivity contribution in [2.45, 2.75) is 6.42 Å². The molecule has 22 heavy (non-hydrogen) atoms. The van der Waals surface area contributed by atoms with Gasteiger partial charge in [-0.25, -0.2) is 9.18 Å². The SMILES string of the molecule is COC(=O)CC(O)=C(N=Nc1c(F)cccc1Br)C(=O)OC. The highest BCUT2D eigenvalue weighted by Crippen LogP contribution is 2.29. The third-order valence-corrected chi connectivity index (χ3v) is 3.02. The van der Waals surface area contributed by atoms with Crippen LogP contribution in [-0.2, 0) is 19.1 Å². The first-order valence-corrected chi connectivity index (χ1v) is 6.63. The Hall–Kier alpha value is -2.29. The van der Waals surface area contributed by atoms with Gasteiger partial charge in [-0.2, -0.15) is 0 Å². The Labute approximate surface area is 133 Å². The molecule has 0 radical (unpaired) electrons. The smallest absolute Gasteiger partial charge is 0.362 e. The molecule has 1 rings (SSSR count). The van der Waals surface area contributed by atoms with Crippen LogP contribution in [0.2, 0.25) is 0 Å². The second kappa shape index (κ2) is 8.23. The van der Waals surface area contributed by atoms with E-state index in [-0.39, 0.29) is 5.69 Å². The number of aliphatic hydroxyl groups excluding tert-OH is 1. The highest BCUT2D eigenvalue weighted by Gasteiger charge is 2.19. The number of esters is 2. The van der Waals surface area contributed by atoms with Gasteiger partial charge in [0, 0.05) is 4.47 Å². The maximum Gasteiger partial charge on any atom is 0.362 e. The molecule has 0 saturated heterocycles. The molecule has 0 spiro atoms. The van der Waals surface area contributed by atoms with Gasteiger partial charge in [0.15, 0.2) is 5.82 Å². The molecule has 1 N–H and O–H groups in total. The van der Waals surface area contributed by atoms with Crippen molar-refractivity contribution in [3.05, 3.63) is 39.9 Å². The fourth-order valence-electron chi connectivity index (χ4n) is 1.29. The van der Waals surface area contributed by atoms with Crippen molar-refractivity contribution >= 4 is 33.6 Å². The molecule has 0 aromatic heterocycles. The van der Waals surface area contributed by atoms with Gasteiger partial charge in [0.05, 0.1) is 14.2 Å². The molecule has 7 nitrogen and oxygen atoms in total. The lowest BCUT2D eigenvalue weighted by Crippen LogP contribution is -2.09. The molecule has 1 aromatic rings. The molecular weight excluding hydrogens is 363 g/mol. The predicted octanol–water partition coefficient (Wildman–Crippen LogP) is 3.18. The molecule has 0 atom stereocenters. The predicted molar refractivity (Wildman–Crippen MR) is 76.9 cm³/mol. The van der Waals surface area contributed by atoms with Crippen LogP contribution in [0.1, 0.15) is 6.42 Å². The van der Waals surface area contributed by atoms with E-state index in [9.17, 15) is 19.1 Å². The number of halogens is 2. The Morgan fingerprint density at radius 2 is 2.00 bits per heavy atom. The van der Waals surface area contributed by atoms with Crippen LogP contribution < -0.4 is 0 Å². The van der Waals surface area contributed by atoms with Crippen LogP contribution in [0.4, 0.5) is 10.1 Å². The van der Waals surface area contributed by atoms with Crippen molar-refractivity contribution in [2.75, 3.05) is 14.2 Å². The van der Waals surface area contributed by atoms with E-state index in [1.807, 2.05) is 0 Å². The summed E-state index contributed by atoms with van der Waals surface area (Å²) in [5, 5.41) is 16.8. The first-order chi connectivity index (χ1) is 10.4. The number of methoxy groups -OCH3 is 2. The number of carbonyl (C=O) groups is 2. The second-order valence-corrected chi connectivity index (χ2v) is 4.66. The number of ether oxygens (including phenoxy) is 2. The van der Waals surface area contributed by atoms with Crippen LogP contribution >= 0.6 is 15.9 Å². The van der Waals surface area contributed by atoms with Gasteiger partial charge < -0.3 is 14.6 Å². The summed E-state index contributed by atoms with van der Waals surface area (Å²) in [6.45, 7) is 0. The number of nitrogens with zero attached hydrogens (tertiary/aromatic N) is 2. The monoisotopic (exact) mass is 374 g/mol. The Balaban J connectivity index is 3.19. The van der Waals surface area contributed by atoms with E-state index in [2.05, 4.69) is 35.6 Å². The van der Waals surface area contributed by atoms with Crippen LogP contribution in [0.5, 0.6) is 0 Å². The summed E-state index contributed by atoms with van der Waals surface area (Å²) in [6, 6.07) is 4.12. The second-order valence-electron chi connectivity index (χ2n) is 3.81. The number of rotatable bonds is 5. The maximum absolute atomic E-state index is 13.6. The van der Waals surface area contributed by atoms with E-state index < -0.39 is 35.6 Å². The summed E-state index contributed by atoms with van der Waals surface area (Å²) in [5.41, 5.74) is -0.794. The highest BCUT2D eigenvalue weighted by molar-refractivity contribution is 9.10. The first kappa shape index (κ1) is 17.8. The van der Waals surface area contributed by atoms with Crippen molar-refractivity contribution in [3.8, 4) is 0 Å². The number of hydrogen-bond donors (Lipinski definition) is 1. The molecule has 9 heteroatoms. The Morgan fingerprint density at radius 1 is 1.32 bits per heavy atom. The topological polar surface area (TPSA) is 97.5 Å². The molecule has 1 aromatic carbocycles. The minimum absolute atomic E-state index is 0.172. The molecule has 0 aliphatic heterocycles. The van der Waals surface area contributed by atoms with E-state index in [0.29, 0.717) is 4.47 Å².